The average Bonchev–Trinajstić information content (AvgIpc) is 4.06. The van der Waals surface area contributed by atoms with Gasteiger partial charge in [0.25, 0.3) is 15.9 Å². The number of aromatic amines is 1. The molecule has 366 valence electrons. The number of H-pyrrole nitrogens is 1. The van der Waals surface area contributed by atoms with Gasteiger partial charge in [-0.25, -0.2) is 31.5 Å². The smallest absolute Gasteiger partial charge is 0.312 e. The number of aromatic nitrogens is 3. The highest BCUT2D eigenvalue weighted by Crippen LogP contribution is 2.54. The van der Waals surface area contributed by atoms with Gasteiger partial charge in [-0.1, -0.05) is 24.3 Å². The molecule has 3 saturated carbocycles. The number of ether oxygens (including phenoxy) is 1. The van der Waals surface area contributed by atoms with Crippen LogP contribution in [0.4, 0.5) is 17.2 Å². The van der Waals surface area contributed by atoms with E-state index in [4.69, 9.17) is 4.74 Å². The second-order valence-electron chi connectivity index (χ2n) is 20.2. The van der Waals surface area contributed by atoms with Crippen LogP contribution in [0.25, 0.3) is 11.0 Å². The highest BCUT2D eigenvalue weighted by molar-refractivity contribution is 7.90. The van der Waals surface area contributed by atoms with Gasteiger partial charge in [-0.3, -0.25) is 19.8 Å². The maximum atomic E-state index is 14.0. The van der Waals surface area contributed by atoms with Gasteiger partial charge in [-0.05, 0) is 124 Å². The van der Waals surface area contributed by atoms with E-state index in [0.29, 0.717) is 62.4 Å². The Kier molecular flexibility index (Phi) is 12.4. The van der Waals surface area contributed by atoms with Crippen LogP contribution in [0.5, 0.6) is 11.5 Å². The van der Waals surface area contributed by atoms with Gasteiger partial charge in [0.05, 0.1) is 34.7 Å². The van der Waals surface area contributed by atoms with Crippen molar-refractivity contribution in [2.24, 2.45) is 11.3 Å². The maximum absolute atomic E-state index is 14.0. The van der Waals surface area contributed by atoms with Crippen molar-refractivity contribution >= 4 is 54.2 Å². The van der Waals surface area contributed by atoms with Crippen LogP contribution in [0.1, 0.15) is 105 Å². The maximum Gasteiger partial charge on any atom is 0.312 e. The molecule has 0 radical (unpaired) electrons. The fourth-order valence-corrected chi connectivity index (χ4v) is 12.9. The first-order valence-corrected chi connectivity index (χ1v) is 27.2. The van der Waals surface area contributed by atoms with Gasteiger partial charge in [0.1, 0.15) is 22.0 Å². The third-order valence-electron chi connectivity index (χ3n) is 15.4. The highest BCUT2D eigenvalue weighted by atomic mass is 32.2. The summed E-state index contributed by atoms with van der Waals surface area (Å²) in [5.41, 5.74) is 2.83. The van der Waals surface area contributed by atoms with Crippen LogP contribution in [0, 0.1) is 21.4 Å². The molecule has 5 fully saturated rings. The number of sulfonamides is 2. The topological polar surface area (TPSA) is 233 Å². The molecule has 3 aromatic heterocycles. The van der Waals surface area contributed by atoms with Crippen LogP contribution in [-0.4, -0.2) is 114 Å². The number of fused-ring (bicyclic) bond motifs is 1. The number of piperazine rings is 1. The summed E-state index contributed by atoms with van der Waals surface area (Å²) in [4.78, 5) is 41.3. The Labute approximate surface area is 402 Å². The van der Waals surface area contributed by atoms with E-state index in [0.717, 1.165) is 75.0 Å². The molecule has 0 unspecified atom stereocenters. The Hall–Kier alpha value is -5.67. The predicted molar refractivity (Wildman–Crippen MR) is 260 cm³/mol. The van der Waals surface area contributed by atoms with Crippen molar-refractivity contribution in [1.29, 1.82) is 0 Å². The normalized spacial score (nSPS) is 23.7. The molecule has 3 aliphatic carbocycles. The number of hydrogen-bond donors (Lipinski definition) is 4. The van der Waals surface area contributed by atoms with Gasteiger partial charge in [0.2, 0.25) is 15.8 Å². The molecule has 1 spiro atoms. The summed E-state index contributed by atoms with van der Waals surface area (Å²) in [7, 11) is -8.00. The number of nitro groups is 1. The molecule has 2 saturated heterocycles. The molecule has 4 N–H and O–H groups in total. The number of carbonyl (C=O) groups excluding carboxylic acids is 1. The molecule has 10 rings (SSSR count). The molecule has 18 nitrogen and oxygen atoms in total. The average molecular weight is 982 g/mol. The van der Waals surface area contributed by atoms with Crippen LogP contribution in [-0.2, 0) is 20.0 Å². The van der Waals surface area contributed by atoms with Crippen LogP contribution >= 0.6 is 0 Å². The first-order valence-electron chi connectivity index (χ1n) is 23.9. The number of rotatable bonds is 14. The Morgan fingerprint density at radius 3 is 2.38 bits per heavy atom. The summed E-state index contributed by atoms with van der Waals surface area (Å²) in [5.74, 6) is 0.0267. The SMILES string of the molecule is CS(=O)(=O)N1CCN(C2CC3(CCN(c4ccc(C(=O)NS(=O)(=O)c5cnc(NC[C@H]6CC[C@](C)(O)CC6)c([N+](=O)[O-])c5)c(Oc5cnc6[nH]ccc6c5)c4)CC3)C2)[C@@H](c2ccccc2C2CC2)C1. The number of piperidine rings is 1. The van der Waals surface area contributed by atoms with Gasteiger partial charge >= 0.3 is 5.69 Å². The van der Waals surface area contributed by atoms with Crippen molar-refractivity contribution in [2.75, 3.05) is 55.7 Å². The zero-order chi connectivity index (χ0) is 48.3. The molecule has 5 aromatic rings. The van der Waals surface area contributed by atoms with Crippen LogP contribution < -0.4 is 19.7 Å². The lowest BCUT2D eigenvalue weighted by atomic mass is 9.59. The van der Waals surface area contributed by atoms with E-state index in [1.165, 1.54) is 42.5 Å². The van der Waals surface area contributed by atoms with E-state index >= 15 is 0 Å². The minimum Gasteiger partial charge on any atom is -0.455 e. The van der Waals surface area contributed by atoms with Gasteiger partial charge in [-0.15, -0.1) is 0 Å². The molecular weight excluding hydrogens is 923 g/mol. The third-order valence-corrected chi connectivity index (χ3v) is 17.9. The Morgan fingerprint density at radius 1 is 0.928 bits per heavy atom. The van der Waals surface area contributed by atoms with E-state index < -0.39 is 47.1 Å². The van der Waals surface area contributed by atoms with Crippen LogP contribution in [0.15, 0.2) is 84.1 Å². The number of nitrogens with one attached hydrogen (secondary N) is 3. The number of benzene rings is 2. The summed E-state index contributed by atoms with van der Waals surface area (Å²) in [6.07, 6.45) is 14.5. The lowest BCUT2D eigenvalue weighted by Gasteiger charge is -2.58. The fourth-order valence-electron chi connectivity index (χ4n) is 11.1. The molecule has 1 atom stereocenters. The Morgan fingerprint density at radius 2 is 1.67 bits per heavy atom. The van der Waals surface area contributed by atoms with Crippen molar-refractivity contribution in [1.82, 2.24) is 28.9 Å². The molecule has 2 aromatic carbocycles. The summed E-state index contributed by atoms with van der Waals surface area (Å²) in [6, 6.07) is 18.4. The van der Waals surface area contributed by atoms with E-state index in [9.17, 15) is 36.9 Å². The van der Waals surface area contributed by atoms with Gasteiger partial charge in [0, 0.05) is 80.8 Å². The summed E-state index contributed by atoms with van der Waals surface area (Å²) in [6.45, 7) is 5.28. The minimum atomic E-state index is -4.66. The fraction of sp³-hybridized carbons (Fsp3) is 0.490. The number of amides is 1. The molecule has 0 bridgehead atoms. The monoisotopic (exact) mass is 981 g/mol. The number of nitrogens with zero attached hydrogens (tertiary/aromatic N) is 6. The second kappa shape index (κ2) is 18.3. The molecule has 69 heavy (non-hydrogen) atoms. The van der Waals surface area contributed by atoms with Crippen molar-refractivity contribution in [2.45, 2.75) is 99.6 Å². The zero-order valence-electron chi connectivity index (χ0n) is 38.8. The molecule has 5 aliphatic rings. The zero-order valence-corrected chi connectivity index (χ0v) is 40.5. The summed E-state index contributed by atoms with van der Waals surface area (Å²) >= 11 is 0. The third kappa shape index (κ3) is 10.0. The van der Waals surface area contributed by atoms with E-state index in [-0.39, 0.29) is 34.5 Å². The van der Waals surface area contributed by atoms with E-state index in [1.54, 1.807) is 35.6 Å². The van der Waals surface area contributed by atoms with Crippen molar-refractivity contribution < 1.29 is 36.4 Å². The molecule has 20 heteroatoms. The summed E-state index contributed by atoms with van der Waals surface area (Å²) in [5, 5.41) is 26.2. The minimum absolute atomic E-state index is 0.000581. The lowest BCUT2D eigenvalue weighted by molar-refractivity contribution is -0.384. The van der Waals surface area contributed by atoms with Crippen LogP contribution in [0.2, 0.25) is 0 Å². The highest BCUT2D eigenvalue weighted by Gasteiger charge is 2.51. The lowest BCUT2D eigenvalue weighted by Crippen LogP contribution is -2.60. The quantitative estimate of drug-likeness (QED) is 0.0644. The predicted octanol–water partition coefficient (Wildman–Crippen LogP) is 7.08. The Bertz CT molecular complexity index is 2990. The van der Waals surface area contributed by atoms with Gasteiger partial charge in [0.15, 0.2) is 0 Å². The summed E-state index contributed by atoms with van der Waals surface area (Å²) < 4.78 is 63.1. The molecule has 5 heterocycles. The standard InChI is InChI=1S/C49H59N9O9S2/c1-48(60)14-11-32(12-15-48)28-51-46-42(58(61)62)25-38(30-53-46)69(65,66)54-47(59)41-10-9-35(24-44(41)67-37-23-34-13-18-50-45(34)52-29-37)55-19-16-49(17-20-55)26-36(27-49)57-22-21-56(68(2,63)64)31-43(57)40-6-4-3-5-39(40)33-7-8-33/h3-6,9-10,13,18,23-25,29-30,32-33,36,43,60H,7-8,11-12,14-17,19-22,26-28,31H2,1-2H3,(H,50,52)(H,51,53)(H,54,59)/t32-,43-,48-/m1/s1. The van der Waals surface area contributed by atoms with E-state index in [2.05, 4.69) is 59.1 Å². The second-order valence-corrected chi connectivity index (χ2v) is 23.9. The number of hydrogen-bond acceptors (Lipinski definition) is 14. The van der Waals surface area contributed by atoms with E-state index in [1.807, 2.05) is 6.07 Å². The van der Waals surface area contributed by atoms with Crippen molar-refractivity contribution in [3.8, 4) is 11.5 Å². The number of carbonyl (C=O) groups is 1. The Balaban J connectivity index is 0.840. The number of aliphatic hydroxyl groups is 1. The first-order chi connectivity index (χ1) is 32.9. The van der Waals surface area contributed by atoms with Crippen molar-refractivity contribution in [3.63, 3.8) is 0 Å². The first kappa shape index (κ1) is 47.0. The molecule has 1 amide bonds. The van der Waals surface area contributed by atoms with Crippen LogP contribution in [0.3, 0.4) is 0 Å². The number of pyridine rings is 2. The molecule has 2 aliphatic heterocycles. The largest absolute Gasteiger partial charge is 0.455 e. The number of anilines is 2. The molecular formula is C49H59N9O9S2. The van der Waals surface area contributed by atoms with Gasteiger partial charge in [-0.2, -0.15) is 4.31 Å². The van der Waals surface area contributed by atoms with Gasteiger partial charge < -0.3 is 25.0 Å². The van der Waals surface area contributed by atoms with Crippen molar-refractivity contribution in [3.05, 3.63) is 106 Å².